The van der Waals surface area contributed by atoms with Gasteiger partial charge in [0.05, 0.1) is 17.0 Å². The molecular formula is C12H10ClN3. The van der Waals surface area contributed by atoms with Crippen LogP contribution in [0.15, 0.2) is 18.2 Å². The first-order chi connectivity index (χ1) is 7.85. The van der Waals surface area contributed by atoms with Gasteiger partial charge in [-0.15, -0.1) is 11.6 Å². The summed E-state index contributed by atoms with van der Waals surface area (Å²) in [4.78, 5) is 4.47. The highest BCUT2D eigenvalue weighted by Gasteiger charge is 2.28. The van der Waals surface area contributed by atoms with E-state index in [1.807, 2.05) is 12.1 Å². The van der Waals surface area contributed by atoms with Crippen LogP contribution >= 0.6 is 11.6 Å². The number of nitrogens with zero attached hydrogens (tertiary/aromatic N) is 3. The van der Waals surface area contributed by atoms with Crippen molar-refractivity contribution in [3.63, 3.8) is 0 Å². The van der Waals surface area contributed by atoms with E-state index >= 15 is 0 Å². The van der Waals surface area contributed by atoms with Crippen LogP contribution in [-0.4, -0.2) is 9.55 Å². The zero-order valence-corrected chi connectivity index (χ0v) is 9.41. The van der Waals surface area contributed by atoms with Gasteiger partial charge in [-0.25, -0.2) is 4.98 Å². The van der Waals surface area contributed by atoms with Crippen LogP contribution in [0.3, 0.4) is 0 Å². The second-order valence-electron chi connectivity index (χ2n) is 4.05. The summed E-state index contributed by atoms with van der Waals surface area (Å²) in [5.41, 5.74) is 2.45. The van der Waals surface area contributed by atoms with Crippen molar-refractivity contribution in [2.45, 2.75) is 24.8 Å². The first-order valence-electron chi connectivity index (χ1n) is 5.31. The number of hydrogen-bond acceptors (Lipinski definition) is 2. The minimum Gasteiger partial charge on any atom is -0.324 e. The standard InChI is InChI=1S/C12H10ClN3/c13-6-11-15-12-8(7-14)2-1-3-10(12)16(11)9-4-5-9/h1-3,9H,4-6H2. The normalized spacial score (nSPS) is 15.2. The van der Waals surface area contributed by atoms with Crippen molar-refractivity contribution in [3.8, 4) is 6.07 Å². The summed E-state index contributed by atoms with van der Waals surface area (Å²) >= 11 is 5.90. The molecule has 0 amide bonds. The molecule has 16 heavy (non-hydrogen) atoms. The van der Waals surface area contributed by atoms with Gasteiger partial charge in [-0.3, -0.25) is 0 Å². The summed E-state index contributed by atoms with van der Waals surface area (Å²) in [7, 11) is 0. The fourth-order valence-electron chi connectivity index (χ4n) is 2.09. The Kier molecular flexibility index (Phi) is 2.12. The Bertz CT molecular complexity index is 590. The predicted molar refractivity (Wildman–Crippen MR) is 62.3 cm³/mol. The Labute approximate surface area is 98.3 Å². The minimum atomic E-state index is 0.399. The van der Waals surface area contributed by atoms with Crippen LogP contribution in [0, 0.1) is 11.3 Å². The van der Waals surface area contributed by atoms with E-state index in [4.69, 9.17) is 16.9 Å². The SMILES string of the molecule is N#Cc1cccc2c1nc(CCl)n2C1CC1. The van der Waals surface area contributed by atoms with Crippen molar-refractivity contribution in [3.05, 3.63) is 29.6 Å². The van der Waals surface area contributed by atoms with E-state index in [9.17, 15) is 0 Å². The van der Waals surface area contributed by atoms with Gasteiger partial charge in [0.2, 0.25) is 0 Å². The number of fused-ring (bicyclic) bond motifs is 1. The Morgan fingerprint density at radius 2 is 2.31 bits per heavy atom. The quantitative estimate of drug-likeness (QED) is 0.746. The van der Waals surface area contributed by atoms with Crippen molar-refractivity contribution < 1.29 is 0 Å². The summed E-state index contributed by atoms with van der Waals surface area (Å²) in [5, 5.41) is 9.03. The molecule has 1 aromatic heterocycles. The van der Waals surface area contributed by atoms with E-state index < -0.39 is 0 Å². The average molecular weight is 232 g/mol. The number of benzene rings is 1. The number of rotatable bonds is 2. The molecule has 1 aromatic carbocycles. The van der Waals surface area contributed by atoms with E-state index in [1.54, 1.807) is 6.07 Å². The van der Waals surface area contributed by atoms with Gasteiger partial charge in [-0.2, -0.15) is 5.26 Å². The molecule has 0 atom stereocenters. The van der Waals surface area contributed by atoms with Crippen LogP contribution in [0.1, 0.15) is 30.3 Å². The maximum absolute atomic E-state index is 9.03. The first-order valence-corrected chi connectivity index (χ1v) is 5.84. The van der Waals surface area contributed by atoms with E-state index in [0.717, 1.165) is 16.9 Å². The zero-order valence-electron chi connectivity index (χ0n) is 8.65. The summed E-state index contributed by atoms with van der Waals surface area (Å²) in [6, 6.07) is 8.42. The lowest BCUT2D eigenvalue weighted by Crippen LogP contribution is -1.98. The Hall–Kier alpha value is -1.53. The third-order valence-corrected chi connectivity index (χ3v) is 3.18. The number of imidazole rings is 1. The maximum Gasteiger partial charge on any atom is 0.125 e. The molecule has 80 valence electrons. The molecule has 0 unspecified atom stereocenters. The van der Waals surface area contributed by atoms with Crippen LogP contribution in [0.25, 0.3) is 11.0 Å². The molecule has 4 heteroatoms. The van der Waals surface area contributed by atoms with Crippen LogP contribution in [-0.2, 0) is 5.88 Å². The number of hydrogen-bond donors (Lipinski definition) is 0. The second kappa shape index (κ2) is 3.50. The highest BCUT2D eigenvalue weighted by molar-refractivity contribution is 6.16. The third kappa shape index (κ3) is 1.30. The molecular weight excluding hydrogens is 222 g/mol. The van der Waals surface area contributed by atoms with Gasteiger partial charge in [0.1, 0.15) is 17.4 Å². The van der Waals surface area contributed by atoms with Gasteiger partial charge in [-0.1, -0.05) is 6.07 Å². The van der Waals surface area contributed by atoms with Crippen LogP contribution in [0.2, 0.25) is 0 Å². The molecule has 1 heterocycles. The fourth-order valence-corrected chi connectivity index (χ4v) is 2.28. The molecule has 1 aliphatic rings. The topological polar surface area (TPSA) is 41.6 Å². The van der Waals surface area contributed by atoms with Crippen molar-refractivity contribution in [2.75, 3.05) is 0 Å². The van der Waals surface area contributed by atoms with Crippen molar-refractivity contribution in [2.24, 2.45) is 0 Å². The first kappa shape index (κ1) is 9.68. The van der Waals surface area contributed by atoms with Crippen LogP contribution in [0.4, 0.5) is 0 Å². The summed E-state index contributed by atoms with van der Waals surface area (Å²) in [5.74, 6) is 1.28. The number of alkyl halides is 1. The number of halogens is 1. The number of nitriles is 1. The van der Waals surface area contributed by atoms with Gasteiger partial charge in [-0.05, 0) is 25.0 Å². The molecule has 0 N–H and O–H groups in total. The molecule has 3 rings (SSSR count). The van der Waals surface area contributed by atoms with E-state index in [0.29, 0.717) is 17.5 Å². The molecule has 0 aliphatic heterocycles. The van der Waals surface area contributed by atoms with E-state index in [1.165, 1.54) is 12.8 Å². The maximum atomic E-state index is 9.03. The number of para-hydroxylation sites is 1. The summed E-state index contributed by atoms with van der Waals surface area (Å²) in [6.07, 6.45) is 2.37. The lowest BCUT2D eigenvalue weighted by atomic mass is 10.2. The lowest BCUT2D eigenvalue weighted by Gasteiger charge is -2.04. The molecule has 1 saturated carbocycles. The minimum absolute atomic E-state index is 0.399. The summed E-state index contributed by atoms with van der Waals surface area (Å²) in [6.45, 7) is 0. The zero-order chi connectivity index (χ0) is 11.1. The Balaban J connectivity index is 2.34. The van der Waals surface area contributed by atoms with Crippen molar-refractivity contribution in [1.82, 2.24) is 9.55 Å². The molecule has 3 nitrogen and oxygen atoms in total. The predicted octanol–water partition coefficient (Wildman–Crippen LogP) is 2.98. The van der Waals surface area contributed by atoms with Crippen LogP contribution in [0.5, 0.6) is 0 Å². The largest absolute Gasteiger partial charge is 0.324 e. The molecule has 2 aromatic rings. The van der Waals surface area contributed by atoms with Gasteiger partial charge in [0.15, 0.2) is 0 Å². The molecule has 0 bridgehead atoms. The highest BCUT2D eigenvalue weighted by atomic mass is 35.5. The van der Waals surface area contributed by atoms with E-state index in [2.05, 4.69) is 15.6 Å². The summed E-state index contributed by atoms with van der Waals surface area (Å²) < 4.78 is 2.18. The lowest BCUT2D eigenvalue weighted by molar-refractivity contribution is 0.728. The van der Waals surface area contributed by atoms with Crippen molar-refractivity contribution >= 4 is 22.6 Å². The van der Waals surface area contributed by atoms with Crippen LogP contribution < -0.4 is 0 Å². The Morgan fingerprint density at radius 1 is 1.50 bits per heavy atom. The van der Waals surface area contributed by atoms with Gasteiger partial charge in [0.25, 0.3) is 0 Å². The number of aromatic nitrogens is 2. The second-order valence-corrected chi connectivity index (χ2v) is 4.32. The molecule has 0 saturated heterocycles. The van der Waals surface area contributed by atoms with E-state index in [-0.39, 0.29) is 0 Å². The van der Waals surface area contributed by atoms with Gasteiger partial charge < -0.3 is 4.57 Å². The average Bonchev–Trinajstić information content (AvgIpc) is 3.08. The molecule has 1 aliphatic carbocycles. The van der Waals surface area contributed by atoms with Gasteiger partial charge in [0, 0.05) is 6.04 Å². The third-order valence-electron chi connectivity index (χ3n) is 2.95. The monoisotopic (exact) mass is 231 g/mol. The van der Waals surface area contributed by atoms with Gasteiger partial charge >= 0.3 is 0 Å². The molecule has 0 radical (unpaired) electrons. The molecule has 1 fully saturated rings. The fraction of sp³-hybridized carbons (Fsp3) is 0.333. The Morgan fingerprint density at radius 3 is 2.94 bits per heavy atom. The molecule has 0 spiro atoms. The van der Waals surface area contributed by atoms with Crippen molar-refractivity contribution in [1.29, 1.82) is 5.26 Å². The highest BCUT2D eigenvalue weighted by Crippen LogP contribution is 2.39. The smallest absolute Gasteiger partial charge is 0.125 e.